The number of hydrogen-bond donors (Lipinski definition) is 1. The molecule has 2 aromatic rings. The van der Waals surface area contributed by atoms with Crippen molar-refractivity contribution in [2.45, 2.75) is 38.8 Å². The fraction of sp³-hybridized carbons (Fsp3) is 0.417. The number of hydrogen-bond acceptors (Lipinski definition) is 4. The predicted molar refractivity (Wildman–Crippen MR) is 137 cm³/mol. The number of aromatic hydroxyl groups is 1. The van der Waals surface area contributed by atoms with Crippen LogP contribution in [0.1, 0.15) is 47.9 Å². The molecule has 6 rings (SSSR count). The molecule has 0 atom stereocenters. The Bertz CT molecular complexity index is 999. The fourth-order valence-electron chi connectivity index (χ4n) is 3.10. The first-order valence-corrected chi connectivity index (χ1v) is 13.3. The van der Waals surface area contributed by atoms with E-state index in [9.17, 15) is 5.11 Å². The molecule has 1 N–H and O–H groups in total. The molecule has 0 radical (unpaired) electrons. The zero-order chi connectivity index (χ0) is 21.8. The lowest BCUT2D eigenvalue weighted by molar-refractivity contribution is 0.298. The van der Waals surface area contributed by atoms with Crippen molar-refractivity contribution in [2.75, 3.05) is 11.9 Å². The molecule has 31 heavy (non-hydrogen) atoms. The summed E-state index contributed by atoms with van der Waals surface area (Å²) in [4.78, 5) is 8.32. The first-order valence-electron chi connectivity index (χ1n) is 10.6. The van der Waals surface area contributed by atoms with Crippen molar-refractivity contribution >= 4 is 60.2 Å². The molecule has 4 aliphatic rings. The Labute approximate surface area is 208 Å². The number of benzene rings is 2. The molecule has 0 bridgehead atoms. The number of alkyl halides is 1. The van der Waals surface area contributed by atoms with E-state index in [2.05, 4.69) is 69.9 Å². The summed E-state index contributed by atoms with van der Waals surface area (Å²) in [5.41, 5.74) is 4.66. The van der Waals surface area contributed by atoms with Crippen molar-refractivity contribution in [3.05, 3.63) is 55.5 Å². The topological polar surface area (TPSA) is 54.2 Å². The Balaban J connectivity index is 0.000000126. The van der Waals surface area contributed by atoms with E-state index >= 15 is 0 Å². The van der Waals surface area contributed by atoms with Crippen molar-refractivity contribution in [2.24, 2.45) is 21.8 Å². The minimum Gasteiger partial charge on any atom is -0.507 e. The molecule has 0 amide bonds. The quantitative estimate of drug-likeness (QED) is 0.376. The molecule has 2 aliphatic heterocycles. The minimum atomic E-state index is 0.275. The summed E-state index contributed by atoms with van der Waals surface area (Å²) in [6.07, 6.45) is 9.28. The molecular formula is C24H25Br3N2O2. The lowest BCUT2D eigenvalue weighted by atomic mass is 10.1. The van der Waals surface area contributed by atoms with Gasteiger partial charge in [0.05, 0.1) is 28.6 Å². The van der Waals surface area contributed by atoms with Crippen molar-refractivity contribution in [1.29, 1.82) is 0 Å². The maximum atomic E-state index is 9.27. The van der Waals surface area contributed by atoms with Gasteiger partial charge in [-0.15, -0.1) is 0 Å². The molecule has 7 heteroatoms. The van der Waals surface area contributed by atoms with E-state index in [1.165, 1.54) is 42.1 Å². The Morgan fingerprint density at radius 3 is 1.97 bits per heavy atom. The van der Waals surface area contributed by atoms with Crippen molar-refractivity contribution < 1.29 is 9.84 Å². The lowest BCUT2D eigenvalue weighted by Gasteiger charge is -2.09. The van der Waals surface area contributed by atoms with Gasteiger partial charge in [-0.3, -0.25) is 9.98 Å². The van der Waals surface area contributed by atoms with Crippen molar-refractivity contribution in [3.63, 3.8) is 0 Å². The second-order valence-electron chi connectivity index (χ2n) is 8.28. The number of rotatable bonds is 4. The number of fused-ring (bicyclic) bond motifs is 2. The van der Waals surface area contributed by atoms with Gasteiger partial charge in [-0.25, -0.2) is 0 Å². The third-order valence-electron chi connectivity index (χ3n) is 5.47. The number of phenolic OH excluding ortho intramolecular Hbond substituents is 1. The largest absolute Gasteiger partial charge is 0.507 e. The summed E-state index contributed by atoms with van der Waals surface area (Å²) >= 11 is 10.2. The van der Waals surface area contributed by atoms with Gasteiger partial charge in [0.25, 0.3) is 0 Å². The summed E-state index contributed by atoms with van der Waals surface area (Å²) in [5.74, 6) is 3.07. The predicted octanol–water partition coefficient (Wildman–Crippen LogP) is 7.05. The molecule has 4 nitrogen and oxygen atoms in total. The van der Waals surface area contributed by atoms with E-state index in [4.69, 9.17) is 4.74 Å². The SMILES string of the molecule is BrCC1CC1.Brc1cc2c(cc1OCC1CC1)C=NC2.Oc1cc2c(cc1Br)CN=C2. The zero-order valence-electron chi connectivity index (χ0n) is 17.2. The first kappa shape index (κ1) is 23.0. The number of aliphatic imine (C=N–C) groups is 2. The molecule has 2 aromatic carbocycles. The van der Waals surface area contributed by atoms with Gasteiger partial charge in [-0.1, -0.05) is 15.9 Å². The van der Waals surface area contributed by atoms with Gasteiger partial charge in [0.1, 0.15) is 11.5 Å². The average molecular weight is 613 g/mol. The number of nitrogens with zero attached hydrogens (tertiary/aromatic N) is 2. The maximum Gasteiger partial charge on any atom is 0.134 e. The first-order chi connectivity index (χ1) is 15.0. The van der Waals surface area contributed by atoms with Crippen LogP contribution in [0, 0.1) is 11.8 Å². The van der Waals surface area contributed by atoms with E-state index < -0.39 is 0 Å². The molecule has 0 saturated heterocycles. The van der Waals surface area contributed by atoms with Crippen LogP contribution in [0.25, 0.3) is 0 Å². The van der Waals surface area contributed by atoms with Crippen LogP contribution in [0.3, 0.4) is 0 Å². The Morgan fingerprint density at radius 2 is 1.42 bits per heavy atom. The highest BCUT2D eigenvalue weighted by Gasteiger charge is 2.22. The van der Waals surface area contributed by atoms with E-state index in [1.807, 2.05) is 12.3 Å². The van der Waals surface area contributed by atoms with Crippen LogP contribution in [0.15, 0.2) is 43.2 Å². The van der Waals surface area contributed by atoms with Gasteiger partial charge in [-0.2, -0.15) is 0 Å². The molecule has 0 aromatic heterocycles. The van der Waals surface area contributed by atoms with Crippen LogP contribution in [-0.2, 0) is 13.1 Å². The molecule has 2 saturated carbocycles. The van der Waals surface area contributed by atoms with E-state index in [0.29, 0.717) is 0 Å². The van der Waals surface area contributed by atoms with E-state index in [1.54, 1.807) is 12.3 Å². The molecule has 2 fully saturated rings. The van der Waals surface area contributed by atoms with Gasteiger partial charge < -0.3 is 9.84 Å². The second-order valence-corrected chi connectivity index (χ2v) is 10.6. The highest BCUT2D eigenvalue weighted by Crippen LogP contribution is 2.34. The second kappa shape index (κ2) is 10.6. The Morgan fingerprint density at radius 1 is 0.839 bits per heavy atom. The summed E-state index contributed by atoms with van der Waals surface area (Å²) in [5, 5.41) is 10.5. The molecular weight excluding hydrogens is 588 g/mol. The van der Waals surface area contributed by atoms with Crippen LogP contribution in [0.4, 0.5) is 0 Å². The van der Waals surface area contributed by atoms with Crippen LogP contribution in [0.2, 0.25) is 0 Å². The molecule has 2 aliphatic carbocycles. The normalized spacial score (nSPS) is 17.3. The van der Waals surface area contributed by atoms with Crippen LogP contribution in [0.5, 0.6) is 11.5 Å². The zero-order valence-corrected chi connectivity index (χ0v) is 21.9. The van der Waals surface area contributed by atoms with Gasteiger partial charge in [0.15, 0.2) is 0 Å². The smallest absolute Gasteiger partial charge is 0.134 e. The minimum absolute atomic E-state index is 0.275. The van der Waals surface area contributed by atoms with Gasteiger partial charge in [0, 0.05) is 28.9 Å². The van der Waals surface area contributed by atoms with Gasteiger partial charge in [-0.05, 0) is 105 Å². The van der Waals surface area contributed by atoms with Gasteiger partial charge in [0.2, 0.25) is 0 Å². The summed E-state index contributed by atoms with van der Waals surface area (Å²) in [6.45, 7) is 2.39. The maximum absolute atomic E-state index is 9.27. The Hall–Kier alpha value is -1.18. The van der Waals surface area contributed by atoms with E-state index in [-0.39, 0.29) is 5.75 Å². The van der Waals surface area contributed by atoms with Crippen LogP contribution < -0.4 is 4.74 Å². The van der Waals surface area contributed by atoms with E-state index in [0.717, 1.165) is 57.4 Å². The third-order valence-corrected chi connectivity index (χ3v) is 7.64. The standard InChI is InChI=1S/C12H12BrNO.C8H6BrNO.C4H7Br/c13-11-3-9-5-14-6-10(9)4-12(11)15-7-8-1-2-8;9-7-1-5-3-10-4-6(5)2-8(7)11;5-3-4-1-2-4/h3-4,6,8H,1-2,5,7H2;1-2,4,11H,3H2;4H,1-3H2. The Kier molecular flexibility index (Phi) is 7.88. The van der Waals surface area contributed by atoms with Crippen LogP contribution >= 0.6 is 47.8 Å². The molecule has 164 valence electrons. The molecule has 2 heterocycles. The lowest BCUT2D eigenvalue weighted by Crippen LogP contribution is -2.00. The summed E-state index contributed by atoms with van der Waals surface area (Å²) in [7, 11) is 0. The average Bonchev–Trinajstić information content (AvgIpc) is 3.68. The number of ether oxygens (including phenoxy) is 1. The summed E-state index contributed by atoms with van der Waals surface area (Å²) < 4.78 is 7.56. The van der Waals surface area contributed by atoms with Crippen molar-refractivity contribution in [3.8, 4) is 11.5 Å². The number of phenols is 1. The molecule has 0 spiro atoms. The van der Waals surface area contributed by atoms with Crippen molar-refractivity contribution in [1.82, 2.24) is 0 Å². The molecule has 0 unspecified atom stereocenters. The fourth-order valence-corrected chi connectivity index (χ4v) is 4.65. The highest BCUT2D eigenvalue weighted by molar-refractivity contribution is 9.11. The van der Waals surface area contributed by atoms with Gasteiger partial charge >= 0.3 is 0 Å². The highest BCUT2D eigenvalue weighted by atomic mass is 79.9. The third kappa shape index (κ3) is 6.65. The monoisotopic (exact) mass is 610 g/mol. The van der Waals surface area contributed by atoms with Crippen LogP contribution in [-0.4, -0.2) is 29.5 Å². The summed E-state index contributed by atoms with van der Waals surface area (Å²) in [6, 6.07) is 7.82. The number of halogens is 3.